The van der Waals surface area contributed by atoms with Gasteiger partial charge in [0, 0.05) is 19.8 Å². The molecule has 12 heteroatoms. The van der Waals surface area contributed by atoms with Gasteiger partial charge >= 0.3 is 5.25 Å². The average Bonchev–Trinajstić information content (AvgIpc) is 2.54. The summed E-state index contributed by atoms with van der Waals surface area (Å²) in [7, 11) is 0. The monoisotopic (exact) mass is 546 g/mol. The zero-order chi connectivity index (χ0) is 22.7. The Hall–Kier alpha value is -0.120. The summed E-state index contributed by atoms with van der Waals surface area (Å²) in [6.45, 7) is 0. The Labute approximate surface area is 197 Å². The maximum atomic E-state index is 14.1. The van der Waals surface area contributed by atoms with Crippen molar-refractivity contribution >= 4 is 69.9 Å². The molecule has 0 N–H and O–H groups in total. The van der Waals surface area contributed by atoms with Crippen LogP contribution in [0.2, 0.25) is 20.1 Å². The summed E-state index contributed by atoms with van der Waals surface area (Å²) >= 11 is 23.3. The fourth-order valence-corrected chi connectivity index (χ4v) is 5.15. The van der Waals surface area contributed by atoms with E-state index in [0.717, 1.165) is 6.07 Å². The second kappa shape index (κ2) is 10.2. The SMILES string of the molecule is FC(F)(CSc1ccc(Cl)cc1Cl)CC(F)(F)CC(F)(F)Sc1ccc(Cl)cc1Cl. The molecule has 0 atom stereocenters. The van der Waals surface area contributed by atoms with Crippen molar-refractivity contribution in [3.63, 3.8) is 0 Å². The van der Waals surface area contributed by atoms with E-state index in [0.29, 0.717) is 11.8 Å². The Morgan fingerprint density at radius 2 is 1.17 bits per heavy atom. The van der Waals surface area contributed by atoms with E-state index in [1.165, 1.54) is 30.3 Å². The van der Waals surface area contributed by atoms with Crippen LogP contribution in [-0.4, -0.2) is 22.9 Å². The summed E-state index contributed by atoms with van der Waals surface area (Å²) in [6.07, 6.45) is -4.12. The second-order valence-corrected chi connectivity index (χ2v) is 10.2. The van der Waals surface area contributed by atoms with Crippen LogP contribution >= 0.6 is 69.9 Å². The molecule has 0 spiro atoms. The maximum absolute atomic E-state index is 14.1. The van der Waals surface area contributed by atoms with Crippen molar-refractivity contribution in [3.8, 4) is 0 Å². The predicted molar refractivity (Wildman–Crippen MR) is 114 cm³/mol. The lowest BCUT2D eigenvalue weighted by Crippen LogP contribution is -2.35. The normalized spacial score (nSPS) is 13.0. The molecule has 0 heterocycles. The molecule has 0 amide bonds. The highest BCUT2D eigenvalue weighted by Crippen LogP contribution is 2.48. The lowest BCUT2D eigenvalue weighted by Gasteiger charge is -2.26. The van der Waals surface area contributed by atoms with Crippen LogP contribution in [0.3, 0.4) is 0 Å². The zero-order valence-corrected chi connectivity index (χ0v) is 19.3. The molecule has 166 valence electrons. The van der Waals surface area contributed by atoms with Crippen molar-refractivity contribution in [2.75, 3.05) is 5.75 Å². The molecule has 2 aromatic rings. The molecule has 0 radical (unpaired) electrons. The predicted octanol–water partition coefficient (Wildman–Crippen LogP) is 9.83. The topological polar surface area (TPSA) is 0 Å². The van der Waals surface area contributed by atoms with E-state index in [9.17, 15) is 26.3 Å². The van der Waals surface area contributed by atoms with Gasteiger partial charge in [0.2, 0.25) is 0 Å². The largest absolute Gasteiger partial charge is 0.304 e. The third kappa shape index (κ3) is 8.43. The highest BCUT2D eigenvalue weighted by molar-refractivity contribution is 8.00. The van der Waals surface area contributed by atoms with Crippen molar-refractivity contribution in [3.05, 3.63) is 56.5 Å². The van der Waals surface area contributed by atoms with E-state index in [-0.39, 0.29) is 41.6 Å². The lowest BCUT2D eigenvalue weighted by atomic mass is 10.1. The summed E-state index contributed by atoms with van der Waals surface area (Å²) in [5.74, 6) is -9.31. The van der Waals surface area contributed by atoms with E-state index in [1.807, 2.05) is 0 Å². The number of rotatable bonds is 9. The Bertz CT molecular complexity index is 895. The van der Waals surface area contributed by atoms with Crippen molar-refractivity contribution in [1.29, 1.82) is 0 Å². The van der Waals surface area contributed by atoms with Crippen LogP contribution in [0, 0.1) is 0 Å². The molecule has 2 rings (SSSR count). The van der Waals surface area contributed by atoms with Crippen LogP contribution in [0.5, 0.6) is 0 Å². The Kier molecular flexibility index (Phi) is 8.90. The third-order valence-corrected chi connectivity index (χ3v) is 7.04. The number of alkyl halides is 6. The highest BCUT2D eigenvalue weighted by atomic mass is 35.5. The van der Waals surface area contributed by atoms with Crippen LogP contribution in [0.1, 0.15) is 12.8 Å². The third-order valence-electron chi connectivity index (χ3n) is 3.47. The van der Waals surface area contributed by atoms with Gasteiger partial charge in [0.1, 0.15) is 0 Å². The molecule has 2 aromatic carbocycles. The van der Waals surface area contributed by atoms with Gasteiger partial charge in [0.25, 0.3) is 11.8 Å². The second-order valence-electron chi connectivity index (χ2n) is 6.24. The van der Waals surface area contributed by atoms with E-state index >= 15 is 0 Å². The van der Waals surface area contributed by atoms with Gasteiger partial charge in [-0.3, -0.25) is 0 Å². The van der Waals surface area contributed by atoms with Gasteiger partial charge in [-0.1, -0.05) is 58.2 Å². The fraction of sp³-hybridized carbons (Fsp3) is 0.333. The van der Waals surface area contributed by atoms with Crippen LogP contribution < -0.4 is 0 Å². The molecule has 0 aliphatic heterocycles. The first kappa shape index (κ1) is 26.1. The molecular formula is C18H12Cl4F6S2. The standard InChI is InChI=1S/C18H12Cl4F6S2/c19-10-1-3-14(12(21)5-10)29-9-17(25,26)7-16(23,24)8-18(27,28)30-15-4-2-11(20)6-13(15)22/h1-6H,7-9H2. The zero-order valence-electron chi connectivity index (χ0n) is 14.7. The molecule has 30 heavy (non-hydrogen) atoms. The van der Waals surface area contributed by atoms with Crippen LogP contribution in [0.15, 0.2) is 46.2 Å². The van der Waals surface area contributed by atoms with Gasteiger partial charge in [0.05, 0.1) is 28.6 Å². The molecule has 0 bridgehead atoms. The number of benzene rings is 2. The van der Waals surface area contributed by atoms with Crippen molar-refractivity contribution < 1.29 is 26.3 Å². The van der Waals surface area contributed by atoms with Crippen LogP contribution in [-0.2, 0) is 0 Å². The first-order chi connectivity index (χ1) is 13.7. The summed E-state index contributed by atoms with van der Waals surface area (Å²) < 4.78 is 84.5. The summed E-state index contributed by atoms with van der Waals surface area (Å²) in [4.78, 5) is 0.0175. The van der Waals surface area contributed by atoms with E-state index in [4.69, 9.17) is 46.4 Å². The minimum absolute atomic E-state index is 0.0813. The summed E-state index contributed by atoms with van der Waals surface area (Å²) in [5, 5.41) is -3.65. The van der Waals surface area contributed by atoms with Gasteiger partial charge < -0.3 is 0 Å². The minimum atomic E-state index is -4.33. The van der Waals surface area contributed by atoms with Gasteiger partial charge in [-0.2, -0.15) is 8.78 Å². The van der Waals surface area contributed by atoms with Gasteiger partial charge in [0.15, 0.2) is 0 Å². The average molecular weight is 548 g/mol. The lowest BCUT2D eigenvalue weighted by molar-refractivity contribution is -0.127. The first-order valence-corrected chi connectivity index (χ1v) is 11.3. The van der Waals surface area contributed by atoms with Crippen molar-refractivity contribution in [2.45, 2.75) is 39.7 Å². The van der Waals surface area contributed by atoms with E-state index in [1.54, 1.807) is 0 Å². The maximum Gasteiger partial charge on any atom is 0.304 e. The molecule has 0 aromatic heterocycles. The molecule has 0 saturated carbocycles. The van der Waals surface area contributed by atoms with Gasteiger partial charge in [-0.05, 0) is 36.4 Å². The Morgan fingerprint density at radius 3 is 1.67 bits per heavy atom. The van der Waals surface area contributed by atoms with E-state index in [2.05, 4.69) is 0 Å². The molecular weight excluding hydrogens is 536 g/mol. The highest BCUT2D eigenvalue weighted by Gasteiger charge is 2.50. The van der Waals surface area contributed by atoms with Gasteiger partial charge in [-0.25, -0.2) is 17.6 Å². The molecule has 0 nitrogen and oxygen atoms in total. The summed E-state index contributed by atoms with van der Waals surface area (Å²) in [6, 6.07) is 7.66. The molecule has 0 saturated heterocycles. The van der Waals surface area contributed by atoms with Crippen molar-refractivity contribution in [2.24, 2.45) is 0 Å². The Balaban J connectivity index is 2.00. The van der Waals surface area contributed by atoms with Crippen molar-refractivity contribution in [1.82, 2.24) is 0 Å². The van der Waals surface area contributed by atoms with Crippen LogP contribution in [0.25, 0.3) is 0 Å². The summed E-state index contributed by atoms with van der Waals surface area (Å²) in [5.41, 5.74) is 0. The number of halogens is 10. The molecule has 0 aliphatic carbocycles. The van der Waals surface area contributed by atoms with Crippen LogP contribution in [0.4, 0.5) is 26.3 Å². The molecule has 0 unspecified atom stereocenters. The quantitative estimate of drug-likeness (QED) is 0.226. The number of hydrogen-bond acceptors (Lipinski definition) is 2. The van der Waals surface area contributed by atoms with Gasteiger partial charge in [-0.15, -0.1) is 11.8 Å². The molecule has 0 aliphatic rings. The first-order valence-electron chi connectivity index (χ1n) is 8.03. The number of thioether (sulfide) groups is 2. The minimum Gasteiger partial charge on any atom is -0.206 e. The molecule has 0 fully saturated rings. The fourth-order valence-electron chi connectivity index (χ4n) is 2.32. The van der Waals surface area contributed by atoms with E-state index < -0.39 is 35.7 Å². The Morgan fingerprint density at radius 1 is 0.667 bits per heavy atom. The smallest absolute Gasteiger partial charge is 0.206 e. The number of hydrogen-bond donors (Lipinski definition) is 0.